The second kappa shape index (κ2) is 4.88. The van der Waals surface area contributed by atoms with Crippen LogP contribution >= 0.6 is 0 Å². The number of aromatic nitrogens is 1. The molecule has 0 bridgehead atoms. The molecule has 3 atom stereocenters. The summed E-state index contributed by atoms with van der Waals surface area (Å²) in [5, 5.41) is 0. The lowest BCUT2D eigenvalue weighted by Crippen LogP contribution is -2.20. The van der Waals surface area contributed by atoms with Crippen LogP contribution in [0.2, 0.25) is 0 Å². The van der Waals surface area contributed by atoms with Crippen LogP contribution in [0, 0.1) is 17.8 Å². The highest BCUT2D eigenvalue weighted by molar-refractivity contribution is 5.26. The molecule has 2 saturated carbocycles. The van der Waals surface area contributed by atoms with Gasteiger partial charge >= 0.3 is 0 Å². The van der Waals surface area contributed by atoms with Gasteiger partial charge in [-0.1, -0.05) is 6.92 Å². The Morgan fingerprint density at radius 3 is 2.83 bits per heavy atom. The molecule has 2 fully saturated rings. The molecular formula is C15H22N2O. The Balaban J connectivity index is 1.66. The number of pyridine rings is 1. The minimum absolute atomic E-state index is 0.135. The molecule has 3 rings (SSSR count). The van der Waals surface area contributed by atoms with Gasteiger partial charge in [0.2, 0.25) is 0 Å². The first kappa shape index (κ1) is 12.0. The topological polar surface area (TPSA) is 48.1 Å². The third-order valence-corrected chi connectivity index (χ3v) is 4.38. The minimum atomic E-state index is 0.135. The Hall–Kier alpha value is -1.09. The number of nitrogens with zero attached hydrogens (tertiary/aromatic N) is 1. The van der Waals surface area contributed by atoms with E-state index in [-0.39, 0.29) is 6.04 Å². The van der Waals surface area contributed by atoms with Crippen LogP contribution in [0.5, 0.6) is 5.75 Å². The first-order valence-electron chi connectivity index (χ1n) is 7.11. The Labute approximate surface area is 109 Å². The Morgan fingerprint density at radius 2 is 2.11 bits per heavy atom. The molecular weight excluding hydrogens is 224 g/mol. The van der Waals surface area contributed by atoms with Crippen molar-refractivity contribution < 1.29 is 4.74 Å². The summed E-state index contributed by atoms with van der Waals surface area (Å²) >= 11 is 0. The second-order valence-electron chi connectivity index (χ2n) is 5.82. The minimum Gasteiger partial charge on any atom is -0.492 e. The van der Waals surface area contributed by atoms with E-state index in [0.717, 1.165) is 36.2 Å². The van der Waals surface area contributed by atoms with Gasteiger partial charge in [0.15, 0.2) is 0 Å². The number of hydrogen-bond donors (Lipinski definition) is 1. The van der Waals surface area contributed by atoms with Crippen LogP contribution in [0.25, 0.3) is 0 Å². The third-order valence-electron chi connectivity index (χ3n) is 4.38. The van der Waals surface area contributed by atoms with Crippen molar-refractivity contribution in [2.45, 2.75) is 38.6 Å². The number of nitrogens with two attached hydrogens (primary N) is 1. The zero-order valence-electron chi connectivity index (χ0n) is 11.0. The lowest BCUT2D eigenvalue weighted by molar-refractivity contribution is 0.314. The molecule has 1 aromatic heterocycles. The molecule has 3 nitrogen and oxygen atoms in total. The SMILES string of the molecule is CCCOc1cncc(C(N)C2CC3CC3C2)c1. The second-order valence-corrected chi connectivity index (χ2v) is 5.82. The molecule has 2 aliphatic carbocycles. The van der Waals surface area contributed by atoms with Gasteiger partial charge in [-0.3, -0.25) is 4.98 Å². The molecule has 0 saturated heterocycles. The number of fused-ring (bicyclic) bond motifs is 1. The summed E-state index contributed by atoms with van der Waals surface area (Å²) in [5.74, 6) is 3.46. The molecule has 98 valence electrons. The molecule has 3 heteroatoms. The summed E-state index contributed by atoms with van der Waals surface area (Å²) < 4.78 is 5.62. The predicted octanol–water partition coefficient (Wildman–Crippen LogP) is 2.92. The Kier molecular flexibility index (Phi) is 3.25. The molecule has 1 heterocycles. The fourth-order valence-electron chi connectivity index (χ4n) is 3.24. The highest BCUT2D eigenvalue weighted by Crippen LogP contribution is 2.56. The Bertz CT molecular complexity index is 411. The summed E-state index contributed by atoms with van der Waals surface area (Å²) in [6.45, 7) is 2.85. The first-order chi connectivity index (χ1) is 8.78. The zero-order chi connectivity index (χ0) is 12.5. The maximum atomic E-state index is 6.39. The van der Waals surface area contributed by atoms with Crippen molar-refractivity contribution in [2.75, 3.05) is 6.61 Å². The fourth-order valence-corrected chi connectivity index (χ4v) is 3.24. The molecule has 1 aromatic rings. The molecule has 3 unspecified atom stereocenters. The van der Waals surface area contributed by atoms with Crippen LogP contribution in [0.3, 0.4) is 0 Å². The summed E-state index contributed by atoms with van der Waals surface area (Å²) in [5.41, 5.74) is 7.52. The van der Waals surface area contributed by atoms with E-state index < -0.39 is 0 Å². The average molecular weight is 246 g/mol. The van der Waals surface area contributed by atoms with E-state index >= 15 is 0 Å². The van der Waals surface area contributed by atoms with Gasteiger partial charge in [-0.05, 0) is 55.1 Å². The van der Waals surface area contributed by atoms with E-state index in [0.29, 0.717) is 5.92 Å². The largest absolute Gasteiger partial charge is 0.492 e. The number of ether oxygens (including phenoxy) is 1. The van der Waals surface area contributed by atoms with Crippen LogP contribution in [0.4, 0.5) is 0 Å². The van der Waals surface area contributed by atoms with Gasteiger partial charge in [-0.15, -0.1) is 0 Å². The van der Waals surface area contributed by atoms with Crippen LogP contribution < -0.4 is 10.5 Å². The van der Waals surface area contributed by atoms with Crippen LogP contribution in [0.15, 0.2) is 18.5 Å². The molecule has 0 aromatic carbocycles. The molecule has 0 spiro atoms. The predicted molar refractivity (Wildman–Crippen MR) is 71.3 cm³/mol. The summed E-state index contributed by atoms with van der Waals surface area (Å²) in [4.78, 5) is 4.26. The molecule has 2 aliphatic rings. The van der Waals surface area contributed by atoms with Crippen molar-refractivity contribution >= 4 is 0 Å². The summed E-state index contributed by atoms with van der Waals surface area (Å²) in [6, 6.07) is 2.20. The van der Waals surface area contributed by atoms with E-state index in [1.165, 1.54) is 19.3 Å². The van der Waals surface area contributed by atoms with Gasteiger partial charge in [0.25, 0.3) is 0 Å². The normalized spacial score (nSPS) is 30.9. The highest BCUT2D eigenvalue weighted by Gasteiger charge is 2.47. The van der Waals surface area contributed by atoms with Crippen LogP contribution in [-0.4, -0.2) is 11.6 Å². The lowest BCUT2D eigenvalue weighted by atomic mass is 9.91. The van der Waals surface area contributed by atoms with E-state index in [9.17, 15) is 0 Å². The smallest absolute Gasteiger partial charge is 0.137 e. The van der Waals surface area contributed by atoms with Crippen molar-refractivity contribution in [1.29, 1.82) is 0 Å². The fraction of sp³-hybridized carbons (Fsp3) is 0.667. The summed E-state index contributed by atoms with van der Waals surface area (Å²) in [6.07, 6.45) is 8.76. The average Bonchev–Trinajstić information content (AvgIpc) is 3.02. The standard InChI is InChI=1S/C15H22N2O/c1-2-3-18-14-7-13(8-17-9-14)15(16)12-5-10-4-11(10)6-12/h7-12,15H,2-6,16H2,1H3. The molecule has 2 N–H and O–H groups in total. The lowest BCUT2D eigenvalue weighted by Gasteiger charge is -2.21. The quantitative estimate of drug-likeness (QED) is 0.869. The molecule has 0 radical (unpaired) electrons. The van der Waals surface area contributed by atoms with E-state index in [2.05, 4.69) is 18.0 Å². The van der Waals surface area contributed by atoms with Crippen LogP contribution in [-0.2, 0) is 0 Å². The molecule has 18 heavy (non-hydrogen) atoms. The third kappa shape index (κ3) is 2.37. The summed E-state index contributed by atoms with van der Waals surface area (Å²) in [7, 11) is 0. The number of rotatable bonds is 5. The van der Waals surface area contributed by atoms with Crippen molar-refractivity contribution in [3.63, 3.8) is 0 Å². The van der Waals surface area contributed by atoms with Gasteiger partial charge in [0.05, 0.1) is 12.8 Å². The Morgan fingerprint density at radius 1 is 1.33 bits per heavy atom. The molecule has 0 amide bonds. The van der Waals surface area contributed by atoms with Gasteiger partial charge in [-0.2, -0.15) is 0 Å². The monoisotopic (exact) mass is 246 g/mol. The van der Waals surface area contributed by atoms with E-state index in [1.807, 2.05) is 6.20 Å². The van der Waals surface area contributed by atoms with E-state index in [4.69, 9.17) is 10.5 Å². The first-order valence-corrected chi connectivity index (χ1v) is 7.11. The van der Waals surface area contributed by atoms with Gasteiger partial charge in [0, 0.05) is 12.2 Å². The maximum Gasteiger partial charge on any atom is 0.137 e. The number of hydrogen-bond acceptors (Lipinski definition) is 3. The highest BCUT2D eigenvalue weighted by atomic mass is 16.5. The van der Waals surface area contributed by atoms with Crippen molar-refractivity contribution in [3.8, 4) is 5.75 Å². The van der Waals surface area contributed by atoms with Gasteiger partial charge in [-0.25, -0.2) is 0 Å². The molecule has 0 aliphatic heterocycles. The van der Waals surface area contributed by atoms with E-state index in [1.54, 1.807) is 6.20 Å². The van der Waals surface area contributed by atoms with Crippen molar-refractivity contribution in [2.24, 2.45) is 23.5 Å². The zero-order valence-corrected chi connectivity index (χ0v) is 11.0. The van der Waals surface area contributed by atoms with Crippen molar-refractivity contribution in [1.82, 2.24) is 4.98 Å². The van der Waals surface area contributed by atoms with Gasteiger partial charge in [0.1, 0.15) is 5.75 Å². The van der Waals surface area contributed by atoms with Crippen molar-refractivity contribution in [3.05, 3.63) is 24.0 Å². The van der Waals surface area contributed by atoms with Crippen LogP contribution in [0.1, 0.15) is 44.2 Å². The van der Waals surface area contributed by atoms with Gasteiger partial charge < -0.3 is 10.5 Å². The maximum absolute atomic E-state index is 6.39.